The molecule has 0 bridgehead atoms. The second-order valence-electron chi connectivity index (χ2n) is 5.75. The average Bonchev–Trinajstić information content (AvgIpc) is 2.63. The van der Waals surface area contributed by atoms with E-state index in [2.05, 4.69) is 26.6 Å². The number of rotatable bonds is 8. The number of amides is 2. The van der Waals surface area contributed by atoms with Crippen molar-refractivity contribution in [1.29, 1.82) is 0 Å². The van der Waals surface area contributed by atoms with Crippen LogP contribution < -0.4 is 10.6 Å². The summed E-state index contributed by atoms with van der Waals surface area (Å²) in [5.74, 6) is -1.27. The summed E-state index contributed by atoms with van der Waals surface area (Å²) in [7, 11) is 0. The van der Waals surface area contributed by atoms with Crippen LogP contribution >= 0.6 is 39.1 Å². The topological polar surface area (TPSA) is 84.5 Å². The van der Waals surface area contributed by atoms with Crippen LogP contribution in [0.1, 0.15) is 19.3 Å². The fraction of sp³-hybridized carbons (Fsp3) is 0.211. The van der Waals surface area contributed by atoms with Crippen molar-refractivity contribution in [1.82, 2.24) is 0 Å². The molecule has 0 spiro atoms. The summed E-state index contributed by atoms with van der Waals surface area (Å²) in [5.41, 5.74) is 1.08. The van der Waals surface area contributed by atoms with E-state index >= 15 is 0 Å². The molecule has 0 aliphatic heterocycles. The Labute approximate surface area is 180 Å². The quantitative estimate of drug-likeness (QED) is 0.510. The van der Waals surface area contributed by atoms with Crippen molar-refractivity contribution in [2.75, 3.05) is 17.2 Å². The molecular formula is C19H17BrCl2N2O4. The first-order chi connectivity index (χ1) is 13.3. The Morgan fingerprint density at radius 1 is 0.929 bits per heavy atom. The Balaban J connectivity index is 1.64. The molecule has 28 heavy (non-hydrogen) atoms. The lowest BCUT2D eigenvalue weighted by Gasteiger charge is -2.08. The number of nitrogens with one attached hydrogen (secondary N) is 2. The minimum absolute atomic E-state index is 0.0281. The summed E-state index contributed by atoms with van der Waals surface area (Å²) in [6, 6.07) is 11.7. The van der Waals surface area contributed by atoms with Crippen molar-refractivity contribution < 1.29 is 19.1 Å². The normalized spacial score (nSPS) is 10.2. The van der Waals surface area contributed by atoms with Gasteiger partial charge in [-0.3, -0.25) is 14.4 Å². The summed E-state index contributed by atoms with van der Waals surface area (Å²) in [6.45, 7) is -0.415. The van der Waals surface area contributed by atoms with Gasteiger partial charge in [0.1, 0.15) is 0 Å². The fourth-order valence-corrected chi connectivity index (χ4v) is 2.79. The maximum atomic E-state index is 11.8. The summed E-state index contributed by atoms with van der Waals surface area (Å²) >= 11 is 15.0. The third kappa shape index (κ3) is 7.88. The molecule has 9 heteroatoms. The second-order valence-corrected chi connectivity index (χ2v) is 7.45. The van der Waals surface area contributed by atoms with E-state index in [4.69, 9.17) is 27.9 Å². The molecule has 148 valence electrons. The molecule has 0 saturated carbocycles. The molecule has 2 amide bonds. The Hall–Kier alpha value is -2.09. The number of halogens is 3. The van der Waals surface area contributed by atoms with Crippen LogP contribution in [0.2, 0.25) is 10.0 Å². The van der Waals surface area contributed by atoms with E-state index in [0.717, 1.165) is 0 Å². The summed E-state index contributed by atoms with van der Waals surface area (Å²) in [5, 5.41) is 6.23. The van der Waals surface area contributed by atoms with Gasteiger partial charge in [0.2, 0.25) is 5.91 Å². The molecule has 0 unspecified atom stereocenters. The van der Waals surface area contributed by atoms with Crippen molar-refractivity contribution in [3.8, 4) is 0 Å². The highest BCUT2D eigenvalue weighted by molar-refractivity contribution is 9.10. The maximum absolute atomic E-state index is 11.8. The van der Waals surface area contributed by atoms with E-state index in [1.54, 1.807) is 42.5 Å². The molecule has 2 rings (SSSR count). The Morgan fingerprint density at radius 2 is 1.64 bits per heavy atom. The van der Waals surface area contributed by atoms with Gasteiger partial charge in [0.25, 0.3) is 5.91 Å². The highest BCUT2D eigenvalue weighted by atomic mass is 79.9. The molecular weight excluding hydrogens is 471 g/mol. The standard InChI is InChI=1S/C19H17BrCl2N2O4/c20-15-8-7-14(10-16(15)22)24-18(26)11-28-19(27)6-2-5-17(25)23-13-4-1-3-12(21)9-13/h1,3-4,7-10H,2,5-6,11H2,(H,23,25)(H,24,26). The van der Waals surface area contributed by atoms with Crippen LogP contribution in [-0.2, 0) is 19.1 Å². The van der Waals surface area contributed by atoms with Crippen LogP contribution in [-0.4, -0.2) is 24.4 Å². The fourth-order valence-electron chi connectivity index (χ4n) is 2.17. The third-order valence-corrected chi connectivity index (χ3v) is 4.93. The van der Waals surface area contributed by atoms with Gasteiger partial charge >= 0.3 is 5.97 Å². The minimum atomic E-state index is -0.556. The van der Waals surface area contributed by atoms with Crippen molar-refractivity contribution in [2.24, 2.45) is 0 Å². The Morgan fingerprint density at radius 3 is 2.36 bits per heavy atom. The lowest BCUT2D eigenvalue weighted by Crippen LogP contribution is -2.21. The molecule has 2 N–H and O–H groups in total. The lowest BCUT2D eigenvalue weighted by atomic mass is 10.2. The van der Waals surface area contributed by atoms with E-state index in [1.807, 2.05) is 0 Å². The molecule has 0 aliphatic carbocycles. The molecule has 0 atom stereocenters. The number of esters is 1. The monoisotopic (exact) mass is 486 g/mol. The number of carbonyl (C=O) groups excluding carboxylic acids is 3. The number of anilines is 2. The molecule has 0 heterocycles. The van der Waals surface area contributed by atoms with Crippen LogP contribution in [0.4, 0.5) is 11.4 Å². The van der Waals surface area contributed by atoms with Gasteiger partial charge in [-0.2, -0.15) is 0 Å². The van der Waals surface area contributed by atoms with Gasteiger partial charge < -0.3 is 15.4 Å². The van der Waals surface area contributed by atoms with Crippen molar-refractivity contribution >= 4 is 68.3 Å². The highest BCUT2D eigenvalue weighted by Gasteiger charge is 2.10. The zero-order valence-corrected chi connectivity index (χ0v) is 17.7. The smallest absolute Gasteiger partial charge is 0.306 e. The molecule has 0 aromatic heterocycles. The molecule has 6 nitrogen and oxygen atoms in total. The molecule has 0 saturated heterocycles. The van der Waals surface area contributed by atoms with E-state index < -0.39 is 18.5 Å². The van der Waals surface area contributed by atoms with E-state index in [9.17, 15) is 14.4 Å². The predicted molar refractivity (Wildman–Crippen MR) is 113 cm³/mol. The van der Waals surface area contributed by atoms with Crippen LogP contribution in [0.3, 0.4) is 0 Å². The van der Waals surface area contributed by atoms with E-state index in [0.29, 0.717) is 32.3 Å². The summed E-state index contributed by atoms with van der Waals surface area (Å²) in [6.07, 6.45) is 0.473. The molecule has 2 aromatic rings. The van der Waals surface area contributed by atoms with E-state index in [1.165, 1.54) is 0 Å². The predicted octanol–water partition coefficient (Wildman–Crippen LogP) is 5.05. The van der Waals surface area contributed by atoms with Gasteiger partial charge in [-0.05, 0) is 58.7 Å². The van der Waals surface area contributed by atoms with Crippen molar-refractivity contribution in [3.05, 3.63) is 57.0 Å². The SMILES string of the molecule is O=C(CCCC(=O)OCC(=O)Nc1ccc(Br)c(Cl)c1)Nc1cccc(Cl)c1. The van der Waals surface area contributed by atoms with Gasteiger partial charge in [0.05, 0.1) is 5.02 Å². The maximum Gasteiger partial charge on any atom is 0.306 e. The largest absolute Gasteiger partial charge is 0.456 e. The first-order valence-electron chi connectivity index (χ1n) is 8.29. The first kappa shape index (κ1) is 22.2. The van der Waals surface area contributed by atoms with E-state index in [-0.39, 0.29) is 18.7 Å². The zero-order valence-electron chi connectivity index (χ0n) is 14.6. The number of benzene rings is 2. The highest BCUT2D eigenvalue weighted by Crippen LogP contribution is 2.25. The Kier molecular flexibility index (Phi) is 8.76. The number of ether oxygens (including phenoxy) is 1. The van der Waals surface area contributed by atoms with Gasteiger partial charge in [-0.1, -0.05) is 29.3 Å². The van der Waals surface area contributed by atoms with Gasteiger partial charge in [0, 0.05) is 33.7 Å². The van der Waals surface area contributed by atoms with Gasteiger partial charge in [0.15, 0.2) is 6.61 Å². The lowest BCUT2D eigenvalue weighted by molar-refractivity contribution is -0.147. The summed E-state index contributed by atoms with van der Waals surface area (Å²) < 4.78 is 5.61. The van der Waals surface area contributed by atoms with Gasteiger partial charge in [-0.15, -0.1) is 0 Å². The van der Waals surface area contributed by atoms with Crippen LogP contribution in [0, 0.1) is 0 Å². The van der Waals surface area contributed by atoms with Crippen molar-refractivity contribution in [3.63, 3.8) is 0 Å². The van der Waals surface area contributed by atoms with Crippen LogP contribution in [0.25, 0.3) is 0 Å². The number of hydrogen-bond acceptors (Lipinski definition) is 4. The van der Waals surface area contributed by atoms with Crippen LogP contribution in [0.15, 0.2) is 46.9 Å². The molecule has 0 aliphatic rings. The van der Waals surface area contributed by atoms with Crippen molar-refractivity contribution in [2.45, 2.75) is 19.3 Å². The van der Waals surface area contributed by atoms with Gasteiger partial charge in [-0.25, -0.2) is 0 Å². The molecule has 0 radical (unpaired) electrons. The average molecular weight is 488 g/mol. The number of hydrogen-bond donors (Lipinski definition) is 2. The number of carbonyl (C=O) groups is 3. The minimum Gasteiger partial charge on any atom is -0.456 e. The summed E-state index contributed by atoms with van der Waals surface area (Å²) in [4.78, 5) is 35.4. The molecule has 0 fully saturated rings. The molecule has 2 aromatic carbocycles. The second kappa shape index (κ2) is 11.0. The Bertz CT molecular complexity index is 877. The van der Waals surface area contributed by atoms with Crippen LogP contribution in [0.5, 0.6) is 0 Å². The third-order valence-electron chi connectivity index (χ3n) is 3.46. The first-order valence-corrected chi connectivity index (χ1v) is 9.84. The zero-order chi connectivity index (χ0) is 20.5.